The zero-order valence-corrected chi connectivity index (χ0v) is 8.51. The molecule has 0 heterocycles. The lowest BCUT2D eigenvalue weighted by atomic mass is 10.2. The van der Waals surface area contributed by atoms with Crippen LogP contribution in [0.15, 0.2) is 0 Å². The minimum atomic E-state index is -0.269. The van der Waals surface area contributed by atoms with Crippen LogP contribution in [0, 0.1) is 0 Å². The van der Waals surface area contributed by atoms with E-state index in [0.717, 1.165) is 19.6 Å². The summed E-state index contributed by atoms with van der Waals surface area (Å²) in [5.74, 6) is -0.269. The minimum absolute atomic E-state index is 0.141. The minimum Gasteiger partial charge on any atom is -0.380 e. The maximum Gasteiger partial charge on any atom is 0.218 e. The Kier molecular flexibility index (Phi) is 7.63. The molecule has 0 saturated heterocycles. The van der Waals surface area contributed by atoms with E-state index in [9.17, 15) is 4.79 Å². The molecule has 0 bridgehead atoms. The first-order chi connectivity index (χ1) is 6.16. The molecule has 0 aromatic rings. The molecular weight excluding hydrogens is 168 g/mol. The monoisotopic (exact) mass is 188 g/mol. The van der Waals surface area contributed by atoms with E-state index >= 15 is 0 Å². The summed E-state index contributed by atoms with van der Waals surface area (Å²) in [7, 11) is 0. The van der Waals surface area contributed by atoms with Crippen molar-refractivity contribution in [3.05, 3.63) is 0 Å². The van der Waals surface area contributed by atoms with E-state index in [1.165, 1.54) is 0 Å². The first-order valence-corrected chi connectivity index (χ1v) is 4.76. The van der Waals surface area contributed by atoms with Crippen LogP contribution < -0.4 is 11.1 Å². The third-order valence-corrected chi connectivity index (χ3v) is 1.60. The van der Waals surface area contributed by atoms with Gasteiger partial charge in [-0.15, -0.1) is 0 Å². The second-order valence-electron chi connectivity index (χ2n) is 3.14. The van der Waals surface area contributed by atoms with Crippen LogP contribution in [0.4, 0.5) is 0 Å². The fraction of sp³-hybridized carbons (Fsp3) is 0.889. The van der Waals surface area contributed by atoms with Crippen molar-refractivity contribution >= 4 is 5.91 Å². The quantitative estimate of drug-likeness (QED) is 0.537. The predicted molar refractivity (Wildman–Crippen MR) is 52.4 cm³/mol. The van der Waals surface area contributed by atoms with Gasteiger partial charge in [0.05, 0.1) is 6.61 Å². The third kappa shape index (κ3) is 9.30. The summed E-state index contributed by atoms with van der Waals surface area (Å²) < 4.78 is 5.26. The fourth-order valence-electron chi connectivity index (χ4n) is 0.998. The molecule has 3 N–H and O–H groups in total. The molecule has 0 aliphatic heterocycles. The molecule has 1 unspecified atom stereocenters. The lowest BCUT2D eigenvalue weighted by Crippen LogP contribution is -2.33. The van der Waals surface area contributed by atoms with Gasteiger partial charge >= 0.3 is 0 Å². The Morgan fingerprint density at radius 2 is 2.23 bits per heavy atom. The first-order valence-electron chi connectivity index (χ1n) is 4.76. The Hall–Kier alpha value is -0.610. The number of nitrogens with two attached hydrogens (primary N) is 1. The van der Waals surface area contributed by atoms with Crippen LogP contribution in [0.25, 0.3) is 0 Å². The third-order valence-electron chi connectivity index (χ3n) is 1.60. The van der Waals surface area contributed by atoms with E-state index in [4.69, 9.17) is 10.5 Å². The van der Waals surface area contributed by atoms with Gasteiger partial charge in [0, 0.05) is 25.6 Å². The van der Waals surface area contributed by atoms with Crippen LogP contribution in [0.5, 0.6) is 0 Å². The number of hydrogen-bond acceptors (Lipinski definition) is 3. The number of ether oxygens (including phenoxy) is 1. The van der Waals surface area contributed by atoms with Crippen molar-refractivity contribution in [2.45, 2.75) is 32.7 Å². The van der Waals surface area contributed by atoms with Crippen molar-refractivity contribution in [3.63, 3.8) is 0 Å². The van der Waals surface area contributed by atoms with E-state index in [1.807, 2.05) is 6.92 Å². The van der Waals surface area contributed by atoms with Crippen LogP contribution in [0.2, 0.25) is 0 Å². The van der Waals surface area contributed by atoms with Gasteiger partial charge in [-0.2, -0.15) is 0 Å². The molecule has 0 aliphatic carbocycles. The molecule has 0 fully saturated rings. The number of carbonyl (C=O) groups excluding carboxylic acids is 1. The summed E-state index contributed by atoms with van der Waals surface area (Å²) in [6, 6.07) is 0.141. The number of amides is 1. The number of hydrogen-bond donors (Lipinski definition) is 2. The molecule has 4 nitrogen and oxygen atoms in total. The van der Waals surface area contributed by atoms with Gasteiger partial charge < -0.3 is 15.8 Å². The SMILES string of the molecule is CCCOCCNC(C)CC(N)=O. The van der Waals surface area contributed by atoms with Gasteiger partial charge in [-0.25, -0.2) is 0 Å². The smallest absolute Gasteiger partial charge is 0.218 e. The highest BCUT2D eigenvalue weighted by Gasteiger charge is 2.03. The highest BCUT2D eigenvalue weighted by Crippen LogP contribution is 1.88. The van der Waals surface area contributed by atoms with Crippen molar-refractivity contribution in [1.82, 2.24) is 5.32 Å². The summed E-state index contributed by atoms with van der Waals surface area (Å²) >= 11 is 0. The van der Waals surface area contributed by atoms with Crippen LogP contribution >= 0.6 is 0 Å². The zero-order valence-electron chi connectivity index (χ0n) is 8.51. The second kappa shape index (κ2) is 8.01. The van der Waals surface area contributed by atoms with Gasteiger partial charge in [-0.3, -0.25) is 4.79 Å². The normalized spacial score (nSPS) is 12.8. The molecule has 1 amide bonds. The molecule has 0 spiro atoms. The van der Waals surface area contributed by atoms with E-state index < -0.39 is 0 Å². The largest absolute Gasteiger partial charge is 0.380 e. The molecule has 13 heavy (non-hydrogen) atoms. The molecule has 0 rings (SSSR count). The Bertz CT molecular complexity index is 140. The molecular formula is C9H20N2O2. The lowest BCUT2D eigenvalue weighted by Gasteiger charge is -2.11. The maximum atomic E-state index is 10.5. The van der Waals surface area contributed by atoms with E-state index in [0.29, 0.717) is 13.0 Å². The van der Waals surface area contributed by atoms with Crippen LogP contribution in [-0.2, 0) is 9.53 Å². The summed E-state index contributed by atoms with van der Waals surface area (Å²) in [5.41, 5.74) is 5.04. The van der Waals surface area contributed by atoms with E-state index in [1.54, 1.807) is 0 Å². The van der Waals surface area contributed by atoms with Gasteiger partial charge in [-0.05, 0) is 13.3 Å². The van der Waals surface area contributed by atoms with Crippen molar-refractivity contribution in [3.8, 4) is 0 Å². The number of nitrogens with one attached hydrogen (secondary N) is 1. The Labute approximate surface area is 79.8 Å². The Morgan fingerprint density at radius 3 is 2.77 bits per heavy atom. The summed E-state index contributed by atoms with van der Waals surface area (Å²) in [6.07, 6.45) is 1.42. The van der Waals surface area contributed by atoms with Crippen molar-refractivity contribution in [2.24, 2.45) is 5.73 Å². The summed E-state index contributed by atoms with van der Waals surface area (Å²) in [4.78, 5) is 10.5. The number of carbonyl (C=O) groups is 1. The van der Waals surface area contributed by atoms with Gasteiger partial charge in [0.25, 0.3) is 0 Å². The summed E-state index contributed by atoms with van der Waals surface area (Å²) in [6.45, 7) is 6.27. The zero-order chi connectivity index (χ0) is 10.1. The predicted octanol–water partition coefficient (Wildman–Crippen LogP) is 0.267. The second-order valence-corrected chi connectivity index (χ2v) is 3.14. The average Bonchev–Trinajstić information content (AvgIpc) is 2.02. The number of primary amides is 1. The van der Waals surface area contributed by atoms with Crippen LogP contribution in [0.3, 0.4) is 0 Å². The van der Waals surface area contributed by atoms with E-state index in [-0.39, 0.29) is 11.9 Å². The average molecular weight is 188 g/mol. The first kappa shape index (κ1) is 12.4. The van der Waals surface area contributed by atoms with Gasteiger partial charge in [0.1, 0.15) is 0 Å². The fourth-order valence-corrected chi connectivity index (χ4v) is 0.998. The molecule has 78 valence electrons. The van der Waals surface area contributed by atoms with Crippen molar-refractivity contribution < 1.29 is 9.53 Å². The molecule has 0 aliphatic rings. The van der Waals surface area contributed by atoms with Gasteiger partial charge in [0.2, 0.25) is 5.91 Å². The Balaban J connectivity index is 3.17. The van der Waals surface area contributed by atoms with E-state index in [2.05, 4.69) is 12.2 Å². The highest BCUT2D eigenvalue weighted by atomic mass is 16.5. The molecule has 1 atom stereocenters. The standard InChI is InChI=1S/C9H20N2O2/c1-3-5-13-6-4-11-8(2)7-9(10)12/h8,11H,3-7H2,1-2H3,(H2,10,12). The molecule has 0 aromatic carbocycles. The number of rotatable bonds is 8. The molecule has 0 radical (unpaired) electrons. The highest BCUT2D eigenvalue weighted by molar-refractivity contribution is 5.74. The lowest BCUT2D eigenvalue weighted by molar-refractivity contribution is -0.118. The van der Waals surface area contributed by atoms with Gasteiger partial charge in [-0.1, -0.05) is 6.92 Å². The van der Waals surface area contributed by atoms with Crippen molar-refractivity contribution in [1.29, 1.82) is 0 Å². The van der Waals surface area contributed by atoms with Gasteiger partial charge in [0.15, 0.2) is 0 Å². The molecule has 4 heteroatoms. The van der Waals surface area contributed by atoms with Crippen LogP contribution in [0.1, 0.15) is 26.7 Å². The topological polar surface area (TPSA) is 64.3 Å². The molecule has 0 aromatic heterocycles. The van der Waals surface area contributed by atoms with Crippen LogP contribution in [-0.4, -0.2) is 31.7 Å². The Morgan fingerprint density at radius 1 is 1.54 bits per heavy atom. The maximum absolute atomic E-state index is 10.5. The summed E-state index contributed by atoms with van der Waals surface area (Å²) in [5, 5.41) is 3.15. The van der Waals surface area contributed by atoms with Crippen molar-refractivity contribution in [2.75, 3.05) is 19.8 Å². The molecule has 0 saturated carbocycles.